The van der Waals surface area contributed by atoms with Crippen LogP contribution < -0.4 is 0 Å². The van der Waals surface area contributed by atoms with Crippen molar-refractivity contribution in [1.82, 2.24) is 0 Å². The van der Waals surface area contributed by atoms with Gasteiger partial charge in [-0.05, 0) is 26.2 Å². The lowest BCUT2D eigenvalue weighted by molar-refractivity contribution is 0.682. The Bertz CT molecular complexity index is 258. The maximum Gasteiger partial charge on any atom is 0.0940 e. The Balaban J connectivity index is 2.47. The highest BCUT2D eigenvalue weighted by molar-refractivity contribution is 5.21. The molecule has 0 radical (unpaired) electrons. The van der Waals surface area contributed by atoms with Crippen LogP contribution >= 0.6 is 0 Å². The fraction of sp³-hybridized carbons (Fsp3) is 0.556. The Morgan fingerprint density at radius 3 is 2.55 bits per heavy atom. The molecule has 0 N–H and O–H groups in total. The molecule has 0 heterocycles. The molecule has 1 aliphatic carbocycles. The van der Waals surface area contributed by atoms with E-state index in [2.05, 4.69) is 6.07 Å². The molecule has 1 rings (SSSR count). The molecule has 56 valence electrons. The quantitative estimate of drug-likeness (QED) is 0.560. The minimum atomic E-state index is -0.0991. The van der Waals surface area contributed by atoms with Crippen molar-refractivity contribution in [2.24, 2.45) is 5.41 Å². The molecular formula is C9H10N2. The number of rotatable bonds is 2. The van der Waals surface area contributed by atoms with Crippen LogP contribution in [0.3, 0.4) is 0 Å². The first-order valence-corrected chi connectivity index (χ1v) is 3.70. The molecule has 0 spiro atoms. The summed E-state index contributed by atoms with van der Waals surface area (Å²) in [4.78, 5) is 0. The molecule has 0 amide bonds. The van der Waals surface area contributed by atoms with E-state index in [1.54, 1.807) is 6.92 Å². The third-order valence-electron chi connectivity index (χ3n) is 2.07. The van der Waals surface area contributed by atoms with Crippen molar-refractivity contribution in [3.63, 3.8) is 0 Å². The average molecular weight is 146 g/mol. The lowest BCUT2D eigenvalue weighted by atomic mass is 10.0. The van der Waals surface area contributed by atoms with Gasteiger partial charge in [0.05, 0.1) is 17.6 Å². The zero-order valence-corrected chi connectivity index (χ0v) is 6.59. The van der Waals surface area contributed by atoms with Gasteiger partial charge >= 0.3 is 0 Å². The Morgan fingerprint density at radius 1 is 1.55 bits per heavy atom. The normalized spacial score (nSPS) is 20.1. The summed E-state index contributed by atoms with van der Waals surface area (Å²) in [7, 11) is 0. The molecule has 0 saturated heterocycles. The molecule has 0 aromatic rings. The minimum absolute atomic E-state index is 0.0991. The number of hydrogen-bond donors (Lipinski definition) is 0. The maximum absolute atomic E-state index is 8.68. The molecule has 0 aromatic carbocycles. The van der Waals surface area contributed by atoms with Crippen LogP contribution in [0, 0.1) is 28.1 Å². The van der Waals surface area contributed by atoms with E-state index in [-0.39, 0.29) is 5.41 Å². The molecule has 1 fully saturated rings. The van der Waals surface area contributed by atoms with Crippen LogP contribution in [0.2, 0.25) is 0 Å². The highest BCUT2D eigenvalue weighted by Gasteiger charge is 2.41. The van der Waals surface area contributed by atoms with E-state index in [1.807, 2.05) is 12.1 Å². The van der Waals surface area contributed by atoms with Crippen LogP contribution in [-0.2, 0) is 0 Å². The van der Waals surface area contributed by atoms with E-state index in [0.29, 0.717) is 5.57 Å². The summed E-state index contributed by atoms with van der Waals surface area (Å²) < 4.78 is 0. The first-order valence-electron chi connectivity index (χ1n) is 3.70. The highest BCUT2D eigenvalue weighted by Crippen LogP contribution is 2.48. The lowest BCUT2D eigenvalue weighted by Gasteiger charge is -1.97. The van der Waals surface area contributed by atoms with Gasteiger partial charge in [0.2, 0.25) is 0 Å². The monoisotopic (exact) mass is 146 g/mol. The van der Waals surface area contributed by atoms with Gasteiger partial charge in [0, 0.05) is 5.57 Å². The second-order valence-corrected chi connectivity index (χ2v) is 3.10. The number of hydrogen-bond acceptors (Lipinski definition) is 2. The molecular weight excluding hydrogens is 136 g/mol. The van der Waals surface area contributed by atoms with Gasteiger partial charge in [0.1, 0.15) is 0 Å². The smallest absolute Gasteiger partial charge is 0.0940 e. The standard InChI is InChI=1S/C9H10N2/c1-8(6-10)2-3-9(7-11)4-5-9/h2H,3-5H2,1H3. The predicted molar refractivity (Wildman–Crippen MR) is 41.3 cm³/mol. The highest BCUT2D eigenvalue weighted by atomic mass is 14.5. The van der Waals surface area contributed by atoms with Crippen molar-refractivity contribution < 1.29 is 0 Å². The van der Waals surface area contributed by atoms with Gasteiger partial charge in [-0.2, -0.15) is 10.5 Å². The second-order valence-electron chi connectivity index (χ2n) is 3.10. The summed E-state index contributed by atoms with van der Waals surface area (Å²) in [6, 6.07) is 4.32. The molecule has 0 unspecified atom stereocenters. The first kappa shape index (κ1) is 7.82. The molecule has 11 heavy (non-hydrogen) atoms. The molecule has 0 atom stereocenters. The van der Waals surface area contributed by atoms with Crippen LogP contribution in [0.4, 0.5) is 0 Å². The van der Waals surface area contributed by atoms with Crippen LogP contribution in [-0.4, -0.2) is 0 Å². The van der Waals surface area contributed by atoms with Gasteiger partial charge in [-0.15, -0.1) is 0 Å². The number of nitrogens with zero attached hydrogens (tertiary/aromatic N) is 2. The molecule has 2 nitrogen and oxygen atoms in total. The first-order chi connectivity index (χ1) is 5.22. The SMILES string of the molecule is CC(C#N)=CCC1(C#N)CC1. The van der Waals surface area contributed by atoms with Gasteiger partial charge in [0.15, 0.2) is 0 Å². The van der Waals surface area contributed by atoms with Crippen molar-refractivity contribution >= 4 is 0 Å². The second kappa shape index (κ2) is 2.76. The van der Waals surface area contributed by atoms with Crippen molar-refractivity contribution in [2.45, 2.75) is 26.2 Å². The average Bonchev–Trinajstić information content (AvgIpc) is 2.81. The summed E-state index contributed by atoms with van der Waals surface area (Å²) in [5, 5.41) is 17.1. The molecule has 1 saturated carbocycles. The van der Waals surface area contributed by atoms with Gasteiger partial charge in [-0.25, -0.2) is 0 Å². The van der Waals surface area contributed by atoms with Crippen molar-refractivity contribution in [1.29, 1.82) is 10.5 Å². The van der Waals surface area contributed by atoms with E-state index in [4.69, 9.17) is 10.5 Å². The van der Waals surface area contributed by atoms with E-state index < -0.39 is 0 Å². The maximum atomic E-state index is 8.68. The van der Waals surface area contributed by atoms with E-state index in [1.165, 1.54) is 0 Å². The zero-order chi connectivity index (χ0) is 8.32. The lowest BCUT2D eigenvalue weighted by Crippen LogP contribution is -1.92. The summed E-state index contributed by atoms with van der Waals surface area (Å²) in [5.74, 6) is 0. The Kier molecular flexibility index (Phi) is 1.96. The molecule has 2 heteroatoms. The minimum Gasteiger partial charge on any atom is -0.198 e. The van der Waals surface area contributed by atoms with E-state index in [9.17, 15) is 0 Å². The summed E-state index contributed by atoms with van der Waals surface area (Å²) in [6.45, 7) is 1.77. The topological polar surface area (TPSA) is 47.6 Å². The third kappa shape index (κ3) is 1.82. The molecule has 0 aliphatic heterocycles. The Hall–Kier alpha value is -1.28. The van der Waals surface area contributed by atoms with Gasteiger partial charge in [-0.3, -0.25) is 0 Å². The fourth-order valence-corrected chi connectivity index (χ4v) is 0.907. The summed E-state index contributed by atoms with van der Waals surface area (Å²) in [5.41, 5.74) is 0.615. The van der Waals surface area contributed by atoms with Gasteiger partial charge < -0.3 is 0 Å². The summed E-state index contributed by atoms with van der Waals surface area (Å²) in [6.07, 6.45) is 4.61. The predicted octanol–water partition coefficient (Wildman–Crippen LogP) is 2.15. The number of nitriles is 2. The fourth-order valence-electron chi connectivity index (χ4n) is 0.907. The van der Waals surface area contributed by atoms with Crippen molar-refractivity contribution in [3.8, 4) is 12.1 Å². The van der Waals surface area contributed by atoms with Crippen LogP contribution in [0.5, 0.6) is 0 Å². The van der Waals surface area contributed by atoms with Crippen molar-refractivity contribution in [2.75, 3.05) is 0 Å². The van der Waals surface area contributed by atoms with Crippen molar-refractivity contribution in [3.05, 3.63) is 11.6 Å². The van der Waals surface area contributed by atoms with Gasteiger partial charge in [-0.1, -0.05) is 6.08 Å². The van der Waals surface area contributed by atoms with Crippen LogP contribution in [0.25, 0.3) is 0 Å². The third-order valence-corrected chi connectivity index (χ3v) is 2.07. The molecule has 0 aromatic heterocycles. The van der Waals surface area contributed by atoms with Crippen LogP contribution in [0.15, 0.2) is 11.6 Å². The Morgan fingerprint density at radius 2 is 2.18 bits per heavy atom. The molecule has 0 bridgehead atoms. The largest absolute Gasteiger partial charge is 0.198 e. The van der Waals surface area contributed by atoms with Gasteiger partial charge in [0.25, 0.3) is 0 Å². The van der Waals surface area contributed by atoms with E-state index in [0.717, 1.165) is 19.3 Å². The number of allylic oxidation sites excluding steroid dienone is 2. The van der Waals surface area contributed by atoms with Crippen LogP contribution in [0.1, 0.15) is 26.2 Å². The molecule has 1 aliphatic rings. The Labute approximate surface area is 66.7 Å². The van der Waals surface area contributed by atoms with E-state index >= 15 is 0 Å². The zero-order valence-electron chi connectivity index (χ0n) is 6.59. The summed E-state index contributed by atoms with van der Waals surface area (Å²) >= 11 is 0.